The number of carbonyl (C=O) groups excluding carboxylic acids is 2. The van der Waals surface area contributed by atoms with Crippen molar-refractivity contribution in [2.45, 2.75) is 25.4 Å². The van der Waals surface area contributed by atoms with Crippen LogP contribution in [-0.2, 0) is 4.79 Å². The van der Waals surface area contributed by atoms with Crippen LogP contribution in [0.25, 0.3) is 0 Å². The summed E-state index contributed by atoms with van der Waals surface area (Å²) >= 11 is 0. The van der Waals surface area contributed by atoms with Crippen LogP contribution in [0.2, 0.25) is 0 Å². The van der Waals surface area contributed by atoms with E-state index in [0.717, 1.165) is 19.4 Å². The number of hydrogen-bond donors (Lipinski definition) is 2. The Kier molecular flexibility index (Phi) is 4.52. The van der Waals surface area contributed by atoms with Crippen LogP contribution in [0, 0.1) is 0 Å². The molecule has 0 aromatic heterocycles. The number of benzene rings is 1. The van der Waals surface area contributed by atoms with E-state index in [0.29, 0.717) is 12.1 Å². The van der Waals surface area contributed by atoms with Gasteiger partial charge in [0.2, 0.25) is 5.91 Å². The van der Waals surface area contributed by atoms with Gasteiger partial charge in [-0.05, 0) is 38.4 Å². The van der Waals surface area contributed by atoms with Crippen molar-refractivity contribution in [3.8, 4) is 0 Å². The molecule has 1 aromatic rings. The third kappa shape index (κ3) is 4.15. The average Bonchev–Trinajstić information content (AvgIpc) is 2.38. The summed E-state index contributed by atoms with van der Waals surface area (Å²) in [6.07, 6.45) is 1.60. The monoisotopic (exact) mass is 276 g/mol. The van der Waals surface area contributed by atoms with Gasteiger partial charge in [0.1, 0.15) is 0 Å². The molecule has 0 spiro atoms. The molecule has 0 radical (unpaired) electrons. The van der Waals surface area contributed by atoms with Crippen molar-refractivity contribution in [2.24, 2.45) is 0 Å². The lowest BCUT2D eigenvalue weighted by Gasteiger charge is -2.36. The molecule has 1 aliphatic heterocycles. The summed E-state index contributed by atoms with van der Waals surface area (Å²) in [5.41, 5.74) is -0.284. The highest BCUT2D eigenvalue weighted by Crippen LogP contribution is 2.19. The first-order chi connectivity index (χ1) is 9.46. The lowest BCUT2D eigenvalue weighted by atomic mass is 9.95. The molecule has 5 heteroatoms. The van der Waals surface area contributed by atoms with Gasteiger partial charge in [-0.1, -0.05) is 18.2 Å². The summed E-state index contributed by atoms with van der Waals surface area (Å²) in [6, 6.07) is 8.64. The maximum atomic E-state index is 11.9. The minimum atomic E-state index is -0.748. The largest absolute Gasteiger partial charge is 0.389 e. The molecule has 2 rings (SSSR count). The van der Waals surface area contributed by atoms with Gasteiger partial charge < -0.3 is 5.11 Å². The molecule has 2 amide bonds. The smallest absolute Gasteiger partial charge is 0.257 e. The zero-order valence-corrected chi connectivity index (χ0v) is 11.6. The Morgan fingerprint density at radius 2 is 2.05 bits per heavy atom. The molecule has 108 valence electrons. The number of nitrogens with one attached hydrogen (secondary N) is 1. The lowest BCUT2D eigenvalue weighted by molar-refractivity contribution is -0.122. The average molecular weight is 276 g/mol. The van der Waals surface area contributed by atoms with E-state index >= 15 is 0 Å². The zero-order valence-electron chi connectivity index (χ0n) is 11.6. The third-order valence-electron chi connectivity index (χ3n) is 3.41. The van der Waals surface area contributed by atoms with Gasteiger partial charge in [-0.25, -0.2) is 0 Å². The highest BCUT2D eigenvalue weighted by Gasteiger charge is 2.29. The number of piperidine rings is 1. The van der Waals surface area contributed by atoms with Gasteiger partial charge in [-0.2, -0.15) is 0 Å². The number of amides is 2. The molecule has 1 unspecified atom stereocenters. The fourth-order valence-electron chi connectivity index (χ4n) is 2.49. The molecule has 1 aliphatic rings. The molecule has 1 heterocycles. The van der Waals surface area contributed by atoms with Crippen molar-refractivity contribution >= 4 is 11.8 Å². The minimum absolute atomic E-state index is 0.134. The SMILES string of the molecule is CC1(O)CCCN(CC(=O)NC(=O)c2ccccc2)C1. The maximum Gasteiger partial charge on any atom is 0.257 e. The van der Waals surface area contributed by atoms with Gasteiger partial charge in [0, 0.05) is 12.1 Å². The van der Waals surface area contributed by atoms with Crippen LogP contribution in [0.15, 0.2) is 30.3 Å². The van der Waals surface area contributed by atoms with E-state index in [2.05, 4.69) is 5.32 Å². The third-order valence-corrected chi connectivity index (χ3v) is 3.41. The summed E-state index contributed by atoms with van der Waals surface area (Å²) in [6.45, 7) is 3.13. The molecule has 0 bridgehead atoms. The van der Waals surface area contributed by atoms with Crippen LogP contribution in [0.1, 0.15) is 30.1 Å². The van der Waals surface area contributed by atoms with Crippen molar-refractivity contribution < 1.29 is 14.7 Å². The summed E-state index contributed by atoms with van der Waals surface area (Å²) in [5.74, 6) is -0.726. The summed E-state index contributed by atoms with van der Waals surface area (Å²) in [4.78, 5) is 25.5. The number of β-amino-alcohol motifs (C(OH)–C–C–N with tert-alkyl or cyclic N) is 1. The van der Waals surface area contributed by atoms with Crippen LogP contribution in [0.4, 0.5) is 0 Å². The normalized spacial score (nSPS) is 23.3. The first-order valence-corrected chi connectivity index (χ1v) is 6.80. The Morgan fingerprint density at radius 1 is 1.35 bits per heavy atom. The van der Waals surface area contributed by atoms with E-state index in [1.165, 1.54) is 0 Å². The van der Waals surface area contributed by atoms with Gasteiger partial charge >= 0.3 is 0 Å². The quantitative estimate of drug-likeness (QED) is 0.856. The second-order valence-corrected chi connectivity index (χ2v) is 5.55. The molecule has 1 atom stereocenters. The Bertz CT molecular complexity index is 485. The molecule has 20 heavy (non-hydrogen) atoms. The van der Waals surface area contributed by atoms with E-state index in [9.17, 15) is 14.7 Å². The predicted octanol–water partition coefficient (Wildman–Crippen LogP) is 0.790. The van der Waals surface area contributed by atoms with Crippen molar-refractivity contribution in [2.75, 3.05) is 19.6 Å². The second-order valence-electron chi connectivity index (χ2n) is 5.55. The molecular weight excluding hydrogens is 256 g/mol. The van der Waals surface area contributed by atoms with Crippen LogP contribution in [-0.4, -0.2) is 47.1 Å². The molecule has 5 nitrogen and oxygen atoms in total. The number of aliphatic hydroxyl groups is 1. The fraction of sp³-hybridized carbons (Fsp3) is 0.467. The Morgan fingerprint density at radius 3 is 2.70 bits per heavy atom. The van der Waals surface area contributed by atoms with E-state index in [4.69, 9.17) is 0 Å². The molecule has 1 aromatic carbocycles. The van der Waals surface area contributed by atoms with Crippen LogP contribution in [0.3, 0.4) is 0 Å². The molecule has 0 aliphatic carbocycles. The molecule has 1 fully saturated rings. The molecule has 0 saturated carbocycles. The summed E-state index contributed by atoms with van der Waals surface area (Å²) in [5, 5.41) is 12.3. The van der Waals surface area contributed by atoms with E-state index in [1.807, 2.05) is 11.0 Å². The lowest BCUT2D eigenvalue weighted by Crippen LogP contribution is -2.49. The van der Waals surface area contributed by atoms with Crippen molar-refractivity contribution in [3.63, 3.8) is 0 Å². The Hall–Kier alpha value is -1.72. The van der Waals surface area contributed by atoms with E-state index in [1.54, 1.807) is 31.2 Å². The van der Waals surface area contributed by atoms with Gasteiger partial charge in [-0.15, -0.1) is 0 Å². The van der Waals surface area contributed by atoms with E-state index in [-0.39, 0.29) is 18.4 Å². The fourth-order valence-corrected chi connectivity index (χ4v) is 2.49. The number of hydrogen-bond acceptors (Lipinski definition) is 4. The molecular formula is C15H20N2O3. The molecule has 2 N–H and O–H groups in total. The Balaban J connectivity index is 1.85. The van der Waals surface area contributed by atoms with Crippen LogP contribution < -0.4 is 5.32 Å². The first-order valence-electron chi connectivity index (χ1n) is 6.80. The van der Waals surface area contributed by atoms with E-state index < -0.39 is 5.60 Å². The van der Waals surface area contributed by atoms with Crippen molar-refractivity contribution in [3.05, 3.63) is 35.9 Å². The molecule has 1 saturated heterocycles. The summed E-state index contributed by atoms with van der Waals surface area (Å²) < 4.78 is 0. The van der Waals surface area contributed by atoms with Crippen LogP contribution >= 0.6 is 0 Å². The number of nitrogens with zero attached hydrogens (tertiary/aromatic N) is 1. The highest BCUT2D eigenvalue weighted by atomic mass is 16.3. The maximum absolute atomic E-state index is 11.9. The zero-order chi connectivity index (χ0) is 14.6. The minimum Gasteiger partial charge on any atom is -0.389 e. The van der Waals surface area contributed by atoms with Crippen molar-refractivity contribution in [1.82, 2.24) is 10.2 Å². The van der Waals surface area contributed by atoms with Gasteiger partial charge in [0.15, 0.2) is 0 Å². The number of likely N-dealkylation sites (tertiary alicyclic amines) is 1. The second kappa shape index (κ2) is 6.15. The number of carbonyl (C=O) groups is 2. The van der Waals surface area contributed by atoms with Gasteiger partial charge in [0.25, 0.3) is 5.91 Å². The number of imide groups is 1. The van der Waals surface area contributed by atoms with Crippen molar-refractivity contribution in [1.29, 1.82) is 0 Å². The number of rotatable bonds is 3. The topological polar surface area (TPSA) is 69.6 Å². The highest BCUT2D eigenvalue weighted by molar-refractivity contribution is 6.05. The van der Waals surface area contributed by atoms with Gasteiger partial charge in [-0.3, -0.25) is 19.8 Å². The van der Waals surface area contributed by atoms with Gasteiger partial charge in [0.05, 0.1) is 12.1 Å². The summed E-state index contributed by atoms with van der Waals surface area (Å²) in [7, 11) is 0. The standard InChI is InChI=1S/C15H20N2O3/c1-15(20)8-5-9-17(11-15)10-13(18)16-14(19)12-6-3-2-4-7-12/h2-4,6-7,20H,5,8-11H2,1H3,(H,16,18,19). The first kappa shape index (κ1) is 14.7. The predicted molar refractivity (Wildman–Crippen MR) is 75.2 cm³/mol. The van der Waals surface area contributed by atoms with Crippen LogP contribution in [0.5, 0.6) is 0 Å². The Labute approximate surface area is 118 Å².